The molecule has 0 radical (unpaired) electrons. The van der Waals surface area contributed by atoms with Crippen LogP contribution in [0.5, 0.6) is 0 Å². The molecule has 4 heterocycles. The first-order valence-corrected chi connectivity index (χ1v) is 28.9. The van der Waals surface area contributed by atoms with Crippen molar-refractivity contribution in [1.82, 2.24) is 46.0 Å². The van der Waals surface area contributed by atoms with Gasteiger partial charge in [-0.05, 0) is 53.5 Å². The molecule has 4 aromatic rings. The Balaban J connectivity index is 0.692. The number of likely N-dealkylation sites (tertiary alicyclic amines) is 1. The fourth-order valence-corrected chi connectivity index (χ4v) is 11.0. The van der Waals surface area contributed by atoms with E-state index in [1.807, 2.05) is 74.5 Å². The Morgan fingerprint density at radius 2 is 1.44 bits per heavy atom. The third-order valence-electron chi connectivity index (χ3n) is 14.5. The van der Waals surface area contributed by atoms with Gasteiger partial charge in [-0.2, -0.15) is 0 Å². The molecular weight excluding hydrogens is 1070 g/mol. The quantitative estimate of drug-likeness (QED) is 0.0422. The zero-order chi connectivity index (χ0) is 57.2. The van der Waals surface area contributed by atoms with E-state index in [4.69, 9.17) is 30.5 Å². The molecule has 7 rings (SSSR count). The van der Waals surface area contributed by atoms with Gasteiger partial charge in [0.05, 0.1) is 92.8 Å². The van der Waals surface area contributed by atoms with E-state index in [0.717, 1.165) is 38.6 Å². The number of hydrogen-bond acceptors (Lipinski definition) is 17. The molecule has 6 N–H and O–H groups in total. The molecule has 2 aliphatic heterocycles. The Morgan fingerprint density at radius 3 is 2.09 bits per heavy atom. The highest BCUT2D eigenvalue weighted by atomic mass is 35.5. The van der Waals surface area contributed by atoms with Gasteiger partial charge in [0, 0.05) is 88.8 Å². The number of piperazine rings is 1. The van der Waals surface area contributed by atoms with Gasteiger partial charge in [0.25, 0.3) is 0 Å². The molecule has 21 nitrogen and oxygen atoms in total. The van der Waals surface area contributed by atoms with Gasteiger partial charge in [-0.25, -0.2) is 15.0 Å². The molecule has 5 amide bonds. The number of anilines is 1. The molecule has 0 saturated carbocycles. The van der Waals surface area contributed by atoms with Crippen molar-refractivity contribution in [2.75, 3.05) is 110 Å². The SMILES string of the molecule is Cc1ncsc1-c1ccc(CNC(=O)C2CC(O)CN2C(=O)C(NC(=O)CCOCCOCCOCCOCCNC(=O)CCNCC(C(=O)N2CCN(c3ncnc4c3C(C)CC4O)CC2)c2ccc(Cl)cc2)C(C)(C)C)cc1. The van der Waals surface area contributed by atoms with E-state index < -0.39 is 41.5 Å². The normalized spacial score (nSPS) is 18.9. The number of amides is 5. The first-order valence-electron chi connectivity index (χ1n) is 27.6. The maximum Gasteiger partial charge on any atom is 0.246 e. The average Bonchev–Trinajstić information content (AvgIpc) is 4.18. The molecule has 2 aromatic heterocycles. The number of aromatic nitrogens is 3. The molecule has 2 saturated heterocycles. The summed E-state index contributed by atoms with van der Waals surface area (Å²) in [5.74, 6) is -0.805. The number of nitrogens with zero attached hydrogens (tertiary/aromatic N) is 6. The summed E-state index contributed by atoms with van der Waals surface area (Å²) in [6.07, 6.45) is 1.00. The number of halogens is 1. The van der Waals surface area contributed by atoms with Crippen molar-refractivity contribution in [3.05, 3.63) is 93.5 Å². The minimum atomic E-state index is -0.944. The predicted octanol–water partition coefficient (Wildman–Crippen LogP) is 3.90. The van der Waals surface area contributed by atoms with Crippen molar-refractivity contribution < 1.29 is 53.1 Å². The fraction of sp³-hybridized carbons (Fsp3) is 0.579. The third kappa shape index (κ3) is 17.7. The molecular formula is C57H79ClN10O11S. The number of carbonyl (C=O) groups excluding carboxylic acids is 5. The molecule has 3 aliphatic rings. The number of aryl methyl sites for hydroxylation is 1. The maximum atomic E-state index is 14.0. The number of rotatable bonds is 29. The summed E-state index contributed by atoms with van der Waals surface area (Å²) in [6.45, 7) is 15.4. The number of aliphatic hydroxyl groups excluding tert-OH is 2. The number of benzene rings is 2. The van der Waals surface area contributed by atoms with Crippen LogP contribution in [0.4, 0.5) is 5.82 Å². The summed E-state index contributed by atoms with van der Waals surface area (Å²) in [5.41, 5.74) is 6.54. The number of thiazole rings is 1. The van der Waals surface area contributed by atoms with Crippen LogP contribution in [-0.2, 0) is 49.5 Å². The maximum absolute atomic E-state index is 14.0. The van der Waals surface area contributed by atoms with E-state index >= 15 is 0 Å². The van der Waals surface area contributed by atoms with Crippen molar-refractivity contribution in [1.29, 1.82) is 0 Å². The Bertz CT molecular complexity index is 2650. The zero-order valence-corrected chi connectivity index (χ0v) is 48.2. The van der Waals surface area contributed by atoms with E-state index in [-0.39, 0.29) is 81.7 Å². The van der Waals surface area contributed by atoms with Crippen LogP contribution in [0.25, 0.3) is 10.4 Å². The lowest BCUT2D eigenvalue weighted by molar-refractivity contribution is -0.144. The van der Waals surface area contributed by atoms with E-state index in [1.165, 1.54) is 11.2 Å². The summed E-state index contributed by atoms with van der Waals surface area (Å²) < 4.78 is 22.4. The second kappa shape index (κ2) is 30.4. The smallest absolute Gasteiger partial charge is 0.246 e. The zero-order valence-electron chi connectivity index (χ0n) is 46.6. The van der Waals surface area contributed by atoms with Gasteiger partial charge in [0.15, 0.2) is 0 Å². The number of carbonyl (C=O) groups is 5. The minimum Gasteiger partial charge on any atom is -0.391 e. The van der Waals surface area contributed by atoms with E-state index in [9.17, 15) is 34.2 Å². The average molecular weight is 1150 g/mol. The number of hydrogen-bond donors (Lipinski definition) is 6. The van der Waals surface area contributed by atoms with Crippen LogP contribution < -0.4 is 26.2 Å². The summed E-state index contributed by atoms with van der Waals surface area (Å²) in [7, 11) is 0. The Morgan fingerprint density at radius 1 is 0.775 bits per heavy atom. The van der Waals surface area contributed by atoms with Crippen LogP contribution in [0.1, 0.15) is 99.4 Å². The number of aliphatic hydroxyl groups is 2. The monoisotopic (exact) mass is 1150 g/mol. The Kier molecular flexibility index (Phi) is 23.5. The molecule has 6 atom stereocenters. The summed E-state index contributed by atoms with van der Waals surface area (Å²) >= 11 is 7.76. The number of ether oxygens (including phenoxy) is 4. The highest BCUT2D eigenvalue weighted by Gasteiger charge is 2.44. The minimum absolute atomic E-state index is 0.00205. The van der Waals surface area contributed by atoms with E-state index in [0.29, 0.717) is 96.0 Å². The third-order valence-corrected chi connectivity index (χ3v) is 15.7. The van der Waals surface area contributed by atoms with Crippen molar-refractivity contribution in [2.24, 2.45) is 5.41 Å². The topological polar surface area (TPSA) is 259 Å². The molecule has 436 valence electrons. The van der Waals surface area contributed by atoms with Gasteiger partial charge in [0.1, 0.15) is 24.2 Å². The summed E-state index contributed by atoms with van der Waals surface area (Å²) in [6, 6.07) is 13.3. The van der Waals surface area contributed by atoms with Crippen LogP contribution in [0.3, 0.4) is 0 Å². The van der Waals surface area contributed by atoms with Crippen molar-refractivity contribution in [3.8, 4) is 10.4 Å². The van der Waals surface area contributed by atoms with Crippen LogP contribution in [-0.4, -0.2) is 188 Å². The first kappa shape index (κ1) is 61.9. The van der Waals surface area contributed by atoms with Crippen LogP contribution >= 0.6 is 22.9 Å². The van der Waals surface area contributed by atoms with Gasteiger partial charge in [0.2, 0.25) is 29.5 Å². The molecule has 80 heavy (non-hydrogen) atoms. The van der Waals surface area contributed by atoms with Gasteiger partial charge >= 0.3 is 0 Å². The largest absolute Gasteiger partial charge is 0.391 e. The van der Waals surface area contributed by atoms with Crippen LogP contribution in [0.2, 0.25) is 5.02 Å². The number of fused-ring (bicyclic) bond motifs is 1. The van der Waals surface area contributed by atoms with Gasteiger partial charge in [-0.15, -0.1) is 11.3 Å². The van der Waals surface area contributed by atoms with Crippen molar-refractivity contribution in [3.63, 3.8) is 0 Å². The summed E-state index contributed by atoms with van der Waals surface area (Å²) in [5, 5.41) is 33.6. The molecule has 6 unspecified atom stereocenters. The predicted molar refractivity (Wildman–Crippen MR) is 303 cm³/mol. The van der Waals surface area contributed by atoms with E-state index in [2.05, 4.69) is 48.0 Å². The summed E-state index contributed by atoms with van der Waals surface area (Å²) in [4.78, 5) is 86.8. The molecule has 1 aliphatic carbocycles. The van der Waals surface area contributed by atoms with Gasteiger partial charge < -0.3 is 65.1 Å². The lowest BCUT2D eigenvalue weighted by atomic mass is 9.85. The molecule has 0 bridgehead atoms. The number of nitrogens with one attached hydrogen (secondary N) is 4. The standard InChI is InChI=1S/C57H79ClN10O11S/c1-37-30-46(70)50-49(37)53(63-35-62-50)66-18-20-67(21-19-66)55(74)44(40-10-12-42(58)13-11-40)33-59-16-14-47(71)60-17-23-77-25-27-79-29-28-78-26-24-76-22-15-48(72)65-52(57(3,4)5)56(75)68-34-43(69)31-45(68)54(73)61-32-39-6-8-41(9-7-39)51-38(2)64-36-80-51/h6-13,35-37,43-46,52,59,69-70H,14-34H2,1-5H3,(H,60,71)(H,61,73)(H,65,72). The Hall–Kier alpha value is -5.69. The molecule has 0 spiro atoms. The molecule has 23 heteroatoms. The second-order valence-corrected chi connectivity index (χ2v) is 22.8. The highest BCUT2D eigenvalue weighted by molar-refractivity contribution is 7.13. The van der Waals surface area contributed by atoms with E-state index in [1.54, 1.807) is 23.5 Å². The molecule has 2 aromatic carbocycles. The first-order chi connectivity index (χ1) is 38.5. The van der Waals surface area contributed by atoms with Crippen molar-refractivity contribution in [2.45, 2.75) is 103 Å². The van der Waals surface area contributed by atoms with Crippen molar-refractivity contribution >= 4 is 58.3 Å². The second-order valence-electron chi connectivity index (χ2n) is 21.5. The van der Waals surface area contributed by atoms with Gasteiger partial charge in [-0.1, -0.05) is 75.7 Å². The highest BCUT2D eigenvalue weighted by Crippen LogP contribution is 2.43. The lowest BCUT2D eigenvalue weighted by Gasteiger charge is -2.38. The van der Waals surface area contributed by atoms with Crippen LogP contribution in [0, 0.1) is 12.3 Å². The van der Waals surface area contributed by atoms with Gasteiger partial charge in [-0.3, -0.25) is 24.0 Å². The molecule has 2 fully saturated rings. The lowest BCUT2D eigenvalue weighted by Crippen LogP contribution is -2.57. The van der Waals surface area contributed by atoms with Crippen LogP contribution in [0.15, 0.2) is 60.4 Å². The fourth-order valence-electron chi connectivity index (χ4n) is 10.1. The Labute approximate surface area is 477 Å². The number of β-amino-alcohol motifs (C(OH)–C–C–N with tert-alkyl or cyclic N) is 1.